The van der Waals surface area contributed by atoms with Crippen molar-refractivity contribution in [1.29, 1.82) is 0 Å². The summed E-state index contributed by atoms with van der Waals surface area (Å²) in [7, 11) is 0. The lowest BCUT2D eigenvalue weighted by Crippen LogP contribution is -2.36. The number of benzene rings is 1. The second-order valence-electron chi connectivity index (χ2n) is 5.35. The fraction of sp³-hybridized carbons (Fsp3) is 0.533. The zero-order valence-corrected chi connectivity index (χ0v) is 11.2. The highest BCUT2D eigenvalue weighted by molar-refractivity contribution is 5.97. The van der Waals surface area contributed by atoms with Gasteiger partial charge in [0.05, 0.1) is 17.4 Å². The maximum absolute atomic E-state index is 12.2. The largest absolute Gasteiger partial charge is 0.370 e. The minimum absolute atomic E-state index is 0.0216. The Bertz CT molecular complexity index is 448. The van der Waals surface area contributed by atoms with Gasteiger partial charge in [-0.1, -0.05) is 12.1 Å². The van der Waals surface area contributed by atoms with E-state index in [9.17, 15) is 4.79 Å². The fourth-order valence-electron chi connectivity index (χ4n) is 2.94. The third-order valence-electron chi connectivity index (χ3n) is 3.99. The van der Waals surface area contributed by atoms with E-state index >= 15 is 0 Å². The summed E-state index contributed by atoms with van der Waals surface area (Å²) in [4.78, 5) is 14.5. The second-order valence-corrected chi connectivity index (χ2v) is 5.35. The number of hydrogen-bond acceptors (Lipinski definition) is 3. The summed E-state index contributed by atoms with van der Waals surface area (Å²) in [5, 5.41) is 6.33. The summed E-state index contributed by atoms with van der Waals surface area (Å²) >= 11 is 0. The third-order valence-corrected chi connectivity index (χ3v) is 3.99. The minimum Gasteiger partial charge on any atom is -0.370 e. The van der Waals surface area contributed by atoms with E-state index in [-0.39, 0.29) is 11.9 Å². The van der Waals surface area contributed by atoms with Crippen molar-refractivity contribution in [1.82, 2.24) is 5.32 Å². The number of anilines is 2. The number of rotatable bonds is 3. The van der Waals surface area contributed by atoms with Crippen LogP contribution in [0.25, 0.3) is 0 Å². The monoisotopic (exact) mass is 259 g/mol. The van der Waals surface area contributed by atoms with E-state index < -0.39 is 0 Å². The van der Waals surface area contributed by atoms with Crippen molar-refractivity contribution < 1.29 is 4.79 Å². The molecule has 0 saturated carbocycles. The molecule has 102 valence electrons. The molecule has 1 atom stereocenters. The van der Waals surface area contributed by atoms with Gasteiger partial charge in [0.2, 0.25) is 5.91 Å². The van der Waals surface area contributed by atoms with Crippen molar-refractivity contribution in [2.24, 2.45) is 0 Å². The maximum atomic E-state index is 12.2. The van der Waals surface area contributed by atoms with Crippen LogP contribution in [0.2, 0.25) is 0 Å². The van der Waals surface area contributed by atoms with Gasteiger partial charge in [-0.3, -0.25) is 4.79 Å². The first-order chi connectivity index (χ1) is 9.34. The van der Waals surface area contributed by atoms with Gasteiger partial charge in [0, 0.05) is 13.1 Å². The molecule has 4 heteroatoms. The van der Waals surface area contributed by atoms with Crippen LogP contribution in [0.1, 0.15) is 25.7 Å². The molecule has 2 heterocycles. The van der Waals surface area contributed by atoms with E-state index in [0.29, 0.717) is 0 Å². The molecular weight excluding hydrogens is 238 g/mol. The Morgan fingerprint density at radius 1 is 1.21 bits per heavy atom. The van der Waals surface area contributed by atoms with Crippen LogP contribution >= 0.6 is 0 Å². The zero-order valence-electron chi connectivity index (χ0n) is 11.2. The van der Waals surface area contributed by atoms with E-state index in [1.165, 1.54) is 12.8 Å². The van der Waals surface area contributed by atoms with Gasteiger partial charge in [0.25, 0.3) is 0 Å². The molecule has 2 N–H and O–H groups in total. The molecular formula is C15H21N3O. The van der Waals surface area contributed by atoms with Crippen LogP contribution in [0.15, 0.2) is 24.3 Å². The number of nitrogens with one attached hydrogen (secondary N) is 2. The van der Waals surface area contributed by atoms with Crippen LogP contribution in [0.3, 0.4) is 0 Å². The molecule has 0 radical (unpaired) electrons. The zero-order chi connectivity index (χ0) is 13.1. The summed E-state index contributed by atoms with van der Waals surface area (Å²) in [6.07, 6.45) is 4.52. The molecule has 0 unspecified atom stereocenters. The van der Waals surface area contributed by atoms with Gasteiger partial charge in [0.1, 0.15) is 0 Å². The Kier molecular flexibility index (Phi) is 3.69. The van der Waals surface area contributed by atoms with Crippen molar-refractivity contribution in [3.8, 4) is 0 Å². The molecule has 2 aliphatic rings. The molecule has 0 aliphatic carbocycles. The number of carbonyl (C=O) groups is 1. The molecule has 2 fully saturated rings. The standard InChI is InChI=1S/C15H21N3O/c19-15(13-7-5-9-16-13)17-12-6-1-2-8-14(12)18-10-3-4-11-18/h1-2,6,8,13,16H,3-5,7,9-11H2,(H,17,19)/t13-/m0/s1. The highest BCUT2D eigenvalue weighted by atomic mass is 16.2. The van der Waals surface area contributed by atoms with E-state index in [1.807, 2.05) is 18.2 Å². The molecule has 3 rings (SSSR count). The van der Waals surface area contributed by atoms with Crippen molar-refractivity contribution >= 4 is 17.3 Å². The average Bonchev–Trinajstić information content (AvgIpc) is 3.13. The Balaban J connectivity index is 1.74. The number of amides is 1. The summed E-state index contributed by atoms with van der Waals surface area (Å²) < 4.78 is 0. The highest BCUT2D eigenvalue weighted by Gasteiger charge is 2.23. The van der Waals surface area contributed by atoms with Gasteiger partial charge in [-0.15, -0.1) is 0 Å². The number of hydrogen-bond donors (Lipinski definition) is 2. The van der Waals surface area contributed by atoms with Gasteiger partial charge in [0.15, 0.2) is 0 Å². The van der Waals surface area contributed by atoms with E-state index in [1.54, 1.807) is 0 Å². The minimum atomic E-state index is -0.0216. The second kappa shape index (κ2) is 5.61. The third kappa shape index (κ3) is 2.73. The summed E-state index contributed by atoms with van der Waals surface area (Å²) in [6, 6.07) is 8.10. The molecule has 0 aromatic heterocycles. The number of nitrogens with zero attached hydrogens (tertiary/aromatic N) is 1. The molecule has 1 aromatic carbocycles. The van der Waals surface area contributed by atoms with Crippen LogP contribution in [-0.2, 0) is 4.79 Å². The smallest absolute Gasteiger partial charge is 0.241 e. The Hall–Kier alpha value is -1.55. The fourth-order valence-corrected chi connectivity index (χ4v) is 2.94. The first-order valence-corrected chi connectivity index (χ1v) is 7.23. The van der Waals surface area contributed by atoms with Gasteiger partial charge >= 0.3 is 0 Å². The Morgan fingerprint density at radius 2 is 2.00 bits per heavy atom. The normalized spacial score (nSPS) is 22.7. The number of carbonyl (C=O) groups excluding carboxylic acids is 1. The predicted molar refractivity (Wildman–Crippen MR) is 77.5 cm³/mol. The van der Waals surface area contributed by atoms with E-state index in [0.717, 1.165) is 43.9 Å². The van der Waals surface area contributed by atoms with E-state index in [2.05, 4.69) is 21.6 Å². The summed E-state index contributed by atoms with van der Waals surface area (Å²) in [6.45, 7) is 3.13. The predicted octanol–water partition coefficient (Wildman–Crippen LogP) is 1.98. The highest BCUT2D eigenvalue weighted by Crippen LogP contribution is 2.28. The molecule has 2 saturated heterocycles. The molecule has 4 nitrogen and oxygen atoms in total. The van der Waals surface area contributed by atoms with Crippen LogP contribution in [0.4, 0.5) is 11.4 Å². The molecule has 1 aromatic rings. The lowest BCUT2D eigenvalue weighted by molar-refractivity contribution is -0.117. The van der Waals surface area contributed by atoms with Crippen molar-refractivity contribution in [3.05, 3.63) is 24.3 Å². The van der Waals surface area contributed by atoms with Crippen molar-refractivity contribution in [3.63, 3.8) is 0 Å². The molecule has 19 heavy (non-hydrogen) atoms. The summed E-state index contributed by atoms with van der Waals surface area (Å²) in [5.74, 6) is 0.101. The van der Waals surface area contributed by atoms with Crippen molar-refractivity contribution in [2.75, 3.05) is 29.9 Å². The van der Waals surface area contributed by atoms with Crippen LogP contribution in [0, 0.1) is 0 Å². The quantitative estimate of drug-likeness (QED) is 0.872. The summed E-state index contributed by atoms with van der Waals surface area (Å²) in [5.41, 5.74) is 2.11. The first kappa shape index (κ1) is 12.5. The molecule has 0 bridgehead atoms. The van der Waals surface area contributed by atoms with Crippen LogP contribution in [0.5, 0.6) is 0 Å². The van der Waals surface area contributed by atoms with Gasteiger partial charge in [-0.05, 0) is 44.4 Å². The number of para-hydroxylation sites is 2. The van der Waals surface area contributed by atoms with Gasteiger partial charge < -0.3 is 15.5 Å². The molecule has 1 amide bonds. The molecule has 2 aliphatic heterocycles. The van der Waals surface area contributed by atoms with Crippen LogP contribution < -0.4 is 15.5 Å². The average molecular weight is 259 g/mol. The van der Waals surface area contributed by atoms with Crippen molar-refractivity contribution in [2.45, 2.75) is 31.7 Å². The maximum Gasteiger partial charge on any atom is 0.241 e. The lowest BCUT2D eigenvalue weighted by Gasteiger charge is -2.22. The van der Waals surface area contributed by atoms with Crippen LogP contribution in [-0.4, -0.2) is 31.6 Å². The topological polar surface area (TPSA) is 44.4 Å². The SMILES string of the molecule is O=C(Nc1ccccc1N1CCCC1)[C@@H]1CCCN1. The molecule has 0 spiro atoms. The van der Waals surface area contributed by atoms with Gasteiger partial charge in [-0.25, -0.2) is 0 Å². The Labute approximate surface area is 114 Å². The van der Waals surface area contributed by atoms with Gasteiger partial charge in [-0.2, -0.15) is 0 Å². The van der Waals surface area contributed by atoms with E-state index in [4.69, 9.17) is 0 Å². The first-order valence-electron chi connectivity index (χ1n) is 7.23. The lowest BCUT2D eigenvalue weighted by atomic mass is 10.2. The Morgan fingerprint density at radius 3 is 2.74 bits per heavy atom.